The zero-order valence-electron chi connectivity index (χ0n) is 15.7. The summed E-state index contributed by atoms with van der Waals surface area (Å²) in [5.74, 6) is 0.390. The largest absolute Gasteiger partial charge is 0.462 e. The van der Waals surface area contributed by atoms with Crippen LogP contribution in [0, 0.1) is 0 Å². The predicted octanol–water partition coefficient (Wildman–Crippen LogP) is -3.96. The molecule has 170 valence electrons. The van der Waals surface area contributed by atoms with Gasteiger partial charge in [0.2, 0.25) is 12.6 Å². The van der Waals surface area contributed by atoms with Crippen molar-refractivity contribution >= 4 is 0 Å². The van der Waals surface area contributed by atoms with Gasteiger partial charge in [-0.3, -0.25) is 0 Å². The van der Waals surface area contributed by atoms with Gasteiger partial charge in [0, 0.05) is 0 Å². The van der Waals surface area contributed by atoms with Crippen molar-refractivity contribution in [3.05, 3.63) is 24.3 Å². The van der Waals surface area contributed by atoms with Gasteiger partial charge in [0.25, 0.3) is 0 Å². The first-order valence-electron chi connectivity index (χ1n) is 9.31. The summed E-state index contributed by atoms with van der Waals surface area (Å²) in [6.07, 6.45) is -14.2. The van der Waals surface area contributed by atoms with Crippen LogP contribution < -0.4 is 9.47 Å². The molecular weight excluding hydrogens is 408 g/mol. The minimum absolute atomic E-state index is 0.195. The van der Waals surface area contributed by atoms with Gasteiger partial charge in [0.1, 0.15) is 60.3 Å². The lowest BCUT2D eigenvalue weighted by molar-refractivity contribution is -0.278. The van der Waals surface area contributed by atoms with Crippen LogP contribution in [-0.2, 0) is 9.47 Å². The fourth-order valence-electron chi connectivity index (χ4n) is 3.19. The molecule has 0 saturated carbocycles. The molecule has 0 radical (unpaired) electrons. The molecule has 2 fully saturated rings. The van der Waals surface area contributed by atoms with Crippen molar-refractivity contribution in [1.29, 1.82) is 0 Å². The Balaban J connectivity index is 1.62. The van der Waals surface area contributed by atoms with Crippen molar-refractivity contribution in [3.8, 4) is 11.5 Å². The average Bonchev–Trinajstić information content (AvgIpc) is 2.75. The summed E-state index contributed by atoms with van der Waals surface area (Å²) in [5.41, 5.74) is 0. The van der Waals surface area contributed by atoms with Crippen LogP contribution >= 0.6 is 0 Å². The Morgan fingerprint density at radius 1 is 0.567 bits per heavy atom. The second-order valence-corrected chi connectivity index (χ2v) is 7.10. The van der Waals surface area contributed by atoms with Gasteiger partial charge < -0.3 is 59.8 Å². The Morgan fingerprint density at radius 3 is 1.20 bits per heavy atom. The lowest BCUT2D eigenvalue weighted by Gasteiger charge is -2.39. The SMILES string of the molecule is OC[C@@H]1O[C@H](Oc2ccc(O[C@@H]3O[C@H](CO)[C@@H](O)[C@H](O)[C@H]3O)cc2)[C@@H](O)[C@H](O)[C@H]1O. The zero-order chi connectivity index (χ0) is 22.0. The molecule has 0 aromatic heterocycles. The van der Waals surface area contributed by atoms with Crippen LogP contribution in [0.1, 0.15) is 0 Å². The normalized spacial score (nSPS) is 42.0. The van der Waals surface area contributed by atoms with Crippen LogP contribution in [0.2, 0.25) is 0 Å². The lowest BCUT2D eigenvalue weighted by Crippen LogP contribution is -2.60. The average molecular weight is 434 g/mol. The van der Waals surface area contributed by atoms with Gasteiger partial charge in [-0.1, -0.05) is 0 Å². The molecule has 0 unspecified atom stereocenters. The lowest BCUT2D eigenvalue weighted by atomic mass is 9.99. The molecule has 3 rings (SSSR count). The summed E-state index contributed by atoms with van der Waals surface area (Å²) in [7, 11) is 0. The summed E-state index contributed by atoms with van der Waals surface area (Å²) in [6, 6.07) is 5.67. The highest BCUT2D eigenvalue weighted by atomic mass is 16.7. The Kier molecular flexibility index (Phi) is 7.47. The Bertz CT molecular complexity index is 611. The summed E-state index contributed by atoms with van der Waals surface area (Å²) in [5, 5.41) is 77.6. The highest BCUT2D eigenvalue weighted by Crippen LogP contribution is 2.28. The van der Waals surface area contributed by atoms with E-state index in [0.717, 1.165) is 0 Å². The van der Waals surface area contributed by atoms with Crippen molar-refractivity contribution in [2.24, 2.45) is 0 Å². The standard InChI is InChI=1S/C18H26O12/c19-5-9-11(21)13(23)15(25)17(29-9)27-7-1-2-8(4-3-7)28-18-16(26)14(24)12(22)10(6-20)30-18/h1-4,9-26H,5-6H2/t9-,10+,11-,12+,13+,14-,15-,16+,17-,18+. The maximum Gasteiger partial charge on any atom is 0.229 e. The topological polar surface area (TPSA) is 199 Å². The van der Waals surface area contributed by atoms with E-state index in [1.54, 1.807) is 0 Å². The third-order valence-electron chi connectivity index (χ3n) is 5.03. The van der Waals surface area contributed by atoms with Crippen molar-refractivity contribution in [3.63, 3.8) is 0 Å². The van der Waals surface area contributed by atoms with Crippen molar-refractivity contribution in [2.75, 3.05) is 13.2 Å². The number of benzene rings is 1. The van der Waals surface area contributed by atoms with E-state index in [9.17, 15) is 40.9 Å². The third kappa shape index (κ3) is 4.68. The van der Waals surface area contributed by atoms with E-state index in [4.69, 9.17) is 18.9 Å². The maximum atomic E-state index is 10.0. The van der Waals surface area contributed by atoms with Gasteiger partial charge in [0.05, 0.1) is 13.2 Å². The van der Waals surface area contributed by atoms with Crippen LogP contribution in [0.25, 0.3) is 0 Å². The van der Waals surface area contributed by atoms with E-state index >= 15 is 0 Å². The van der Waals surface area contributed by atoms with E-state index in [1.807, 2.05) is 0 Å². The van der Waals surface area contributed by atoms with Gasteiger partial charge in [-0.2, -0.15) is 0 Å². The van der Waals surface area contributed by atoms with Crippen LogP contribution in [0.3, 0.4) is 0 Å². The molecule has 2 heterocycles. The van der Waals surface area contributed by atoms with Crippen LogP contribution in [0.5, 0.6) is 11.5 Å². The molecular formula is C18H26O12. The number of hydrogen-bond acceptors (Lipinski definition) is 12. The van der Waals surface area contributed by atoms with E-state index in [1.165, 1.54) is 24.3 Å². The van der Waals surface area contributed by atoms with E-state index in [-0.39, 0.29) is 11.5 Å². The minimum atomic E-state index is -1.57. The first-order chi connectivity index (χ1) is 14.3. The summed E-state index contributed by atoms with van der Waals surface area (Å²) in [4.78, 5) is 0. The molecule has 2 saturated heterocycles. The molecule has 8 N–H and O–H groups in total. The Morgan fingerprint density at radius 2 is 0.900 bits per heavy atom. The summed E-state index contributed by atoms with van der Waals surface area (Å²) < 4.78 is 21.4. The fourth-order valence-corrected chi connectivity index (χ4v) is 3.19. The minimum Gasteiger partial charge on any atom is -0.462 e. The van der Waals surface area contributed by atoms with Crippen LogP contribution in [0.15, 0.2) is 24.3 Å². The fraction of sp³-hybridized carbons (Fsp3) is 0.667. The third-order valence-corrected chi connectivity index (χ3v) is 5.03. The molecule has 30 heavy (non-hydrogen) atoms. The Labute approximate surface area is 171 Å². The number of hydrogen-bond donors (Lipinski definition) is 8. The monoisotopic (exact) mass is 434 g/mol. The smallest absolute Gasteiger partial charge is 0.229 e. The molecule has 0 amide bonds. The van der Waals surface area contributed by atoms with Crippen molar-refractivity contribution in [1.82, 2.24) is 0 Å². The molecule has 10 atom stereocenters. The van der Waals surface area contributed by atoms with E-state index in [0.29, 0.717) is 0 Å². The number of aliphatic hydroxyl groups excluding tert-OH is 8. The quantitative estimate of drug-likeness (QED) is 0.216. The molecule has 12 nitrogen and oxygen atoms in total. The zero-order valence-corrected chi connectivity index (χ0v) is 15.7. The summed E-state index contributed by atoms with van der Waals surface area (Å²) >= 11 is 0. The number of ether oxygens (including phenoxy) is 4. The highest BCUT2D eigenvalue weighted by Gasteiger charge is 2.45. The summed E-state index contributed by atoms with van der Waals surface area (Å²) in [6.45, 7) is -1.17. The van der Waals surface area contributed by atoms with Crippen molar-refractivity contribution in [2.45, 2.75) is 61.4 Å². The van der Waals surface area contributed by atoms with Crippen LogP contribution in [0.4, 0.5) is 0 Å². The van der Waals surface area contributed by atoms with Gasteiger partial charge in [0.15, 0.2) is 0 Å². The maximum absolute atomic E-state index is 10.0. The van der Waals surface area contributed by atoms with Crippen LogP contribution in [-0.4, -0.2) is 115 Å². The van der Waals surface area contributed by atoms with Gasteiger partial charge in [-0.25, -0.2) is 0 Å². The van der Waals surface area contributed by atoms with E-state index in [2.05, 4.69) is 0 Å². The highest BCUT2D eigenvalue weighted by molar-refractivity contribution is 5.31. The van der Waals surface area contributed by atoms with E-state index < -0.39 is 74.6 Å². The molecule has 2 aliphatic heterocycles. The van der Waals surface area contributed by atoms with Gasteiger partial charge in [-0.15, -0.1) is 0 Å². The first kappa shape index (κ1) is 23.1. The molecule has 1 aromatic rings. The first-order valence-corrected chi connectivity index (χ1v) is 9.31. The van der Waals surface area contributed by atoms with Crippen molar-refractivity contribution < 1.29 is 59.8 Å². The second-order valence-electron chi connectivity index (χ2n) is 7.10. The molecule has 0 spiro atoms. The van der Waals surface area contributed by atoms with Gasteiger partial charge in [-0.05, 0) is 24.3 Å². The molecule has 0 aliphatic carbocycles. The number of aliphatic hydroxyl groups is 8. The predicted molar refractivity (Wildman–Crippen MR) is 95.2 cm³/mol. The molecule has 12 heteroatoms. The van der Waals surface area contributed by atoms with Gasteiger partial charge >= 0.3 is 0 Å². The molecule has 1 aromatic carbocycles. The molecule has 2 aliphatic rings. The number of rotatable bonds is 6. The molecule has 0 bridgehead atoms. The second kappa shape index (κ2) is 9.70. The Hall–Kier alpha value is -1.58.